The first-order valence-electron chi connectivity index (χ1n) is 7.87. The van der Waals surface area contributed by atoms with E-state index in [1.165, 1.54) is 19.3 Å². The summed E-state index contributed by atoms with van der Waals surface area (Å²) in [5.41, 5.74) is 0.504. The molecule has 1 spiro atoms. The molecule has 0 aromatic carbocycles. The molecule has 2 aliphatic heterocycles. The van der Waals surface area contributed by atoms with Gasteiger partial charge in [0.25, 0.3) is 0 Å². The second kappa shape index (κ2) is 5.40. The molecule has 3 rings (SSSR count). The monoisotopic (exact) mass is 278 g/mol. The molecule has 2 saturated heterocycles. The highest BCUT2D eigenvalue weighted by molar-refractivity contribution is 5.74. The zero-order valence-electron chi connectivity index (χ0n) is 12.5. The van der Waals surface area contributed by atoms with Gasteiger partial charge in [-0.3, -0.25) is 0 Å². The summed E-state index contributed by atoms with van der Waals surface area (Å²) in [5.74, 6) is 0. The Hall–Kier alpha value is -1.03. The maximum atomic E-state index is 12.4. The number of ether oxygens (including phenoxy) is 1. The van der Waals surface area contributed by atoms with Gasteiger partial charge in [-0.1, -0.05) is 19.1 Å². The van der Waals surface area contributed by atoms with E-state index in [9.17, 15) is 4.79 Å². The predicted molar refractivity (Wildman–Crippen MR) is 78.6 cm³/mol. The van der Waals surface area contributed by atoms with Gasteiger partial charge in [0.1, 0.15) is 0 Å². The van der Waals surface area contributed by atoms with Crippen LogP contribution in [-0.4, -0.2) is 43.8 Å². The molecule has 0 saturated carbocycles. The van der Waals surface area contributed by atoms with Crippen LogP contribution in [0.25, 0.3) is 0 Å². The van der Waals surface area contributed by atoms with Crippen molar-refractivity contribution in [2.24, 2.45) is 10.8 Å². The standard InChI is InChI=1S/C16H26N2O2/c1-15(12-20-13-15)10-17-14(19)18-9-5-8-16(11-18)6-3-2-4-7-16/h2-3H,4-13H2,1H3,(H,17,19)/t16-/m1/s1. The van der Waals surface area contributed by atoms with Gasteiger partial charge >= 0.3 is 6.03 Å². The number of urea groups is 1. The molecule has 2 amide bonds. The van der Waals surface area contributed by atoms with E-state index < -0.39 is 0 Å². The van der Waals surface area contributed by atoms with Crippen LogP contribution in [0.4, 0.5) is 4.79 Å². The van der Waals surface area contributed by atoms with Crippen molar-refractivity contribution in [3.63, 3.8) is 0 Å². The minimum atomic E-state index is 0.117. The summed E-state index contributed by atoms with van der Waals surface area (Å²) in [4.78, 5) is 14.4. The zero-order valence-corrected chi connectivity index (χ0v) is 12.5. The molecule has 0 unspecified atom stereocenters. The number of amides is 2. The number of rotatable bonds is 2. The minimum Gasteiger partial charge on any atom is -0.380 e. The normalized spacial score (nSPS) is 31.9. The summed E-state index contributed by atoms with van der Waals surface area (Å²) >= 11 is 0. The predicted octanol–water partition coefficient (Wildman–Crippen LogP) is 2.55. The molecule has 2 fully saturated rings. The Kier molecular flexibility index (Phi) is 3.76. The molecule has 0 aromatic rings. The highest BCUT2D eigenvalue weighted by Gasteiger charge is 2.38. The van der Waals surface area contributed by atoms with Gasteiger partial charge in [-0.2, -0.15) is 0 Å². The lowest BCUT2D eigenvalue weighted by molar-refractivity contribution is -0.0980. The molecule has 1 atom stereocenters. The van der Waals surface area contributed by atoms with Crippen LogP contribution in [0.15, 0.2) is 12.2 Å². The van der Waals surface area contributed by atoms with E-state index in [4.69, 9.17) is 4.74 Å². The molecular weight excluding hydrogens is 252 g/mol. The largest absolute Gasteiger partial charge is 0.380 e. The number of carbonyl (C=O) groups excluding carboxylic acids is 1. The van der Waals surface area contributed by atoms with Gasteiger partial charge in [-0.25, -0.2) is 4.79 Å². The van der Waals surface area contributed by atoms with E-state index in [-0.39, 0.29) is 11.4 Å². The second-order valence-electron chi connectivity index (χ2n) is 7.20. The van der Waals surface area contributed by atoms with E-state index in [1.807, 2.05) is 4.90 Å². The number of nitrogens with one attached hydrogen (secondary N) is 1. The third kappa shape index (κ3) is 2.85. The van der Waals surface area contributed by atoms with Crippen LogP contribution < -0.4 is 5.32 Å². The molecule has 0 radical (unpaired) electrons. The van der Waals surface area contributed by atoms with Gasteiger partial charge in [0.15, 0.2) is 0 Å². The number of piperidine rings is 1. The lowest BCUT2D eigenvalue weighted by Gasteiger charge is -2.44. The van der Waals surface area contributed by atoms with Gasteiger partial charge in [-0.05, 0) is 37.5 Å². The highest BCUT2D eigenvalue weighted by atomic mass is 16.5. The van der Waals surface area contributed by atoms with Crippen molar-refractivity contribution in [1.29, 1.82) is 0 Å². The first kappa shape index (κ1) is 13.9. The minimum absolute atomic E-state index is 0.117. The maximum absolute atomic E-state index is 12.4. The van der Waals surface area contributed by atoms with Gasteiger partial charge in [0.2, 0.25) is 0 Å². The smallest absolute Gasteiger partial charge is 0.317 e. The highest BCUT2D eigenvalue weighted by Crippen LogP contribution is 2.40. The van der Waals surface area contributed by atoms with E-state index in [2.05, 4.69) is 24.4 Å². The third-order valence-electron chi connectivity index (χ3n) is 5.07. The van der Waals surface area contributed by atoms with Crippen molar-refractivity contribution in [3.05, 3.63) is 12.2 Å². The van der Waals surface area contributed by atoms with Crippen LogP contribution >= 0.6 is 0 Å². The number of hydrogen-bond donors (Lipinski definition) is 1. The Bertz CT molecular complexity index is 403. The average molecular weight is 278 g/mol. The zero-order chi connectivity index (χ0) is 14.1. The van der Waals surface area contributed by atoms with Crippen molar-refractivity contribution in [3.8, 4) is 0 Å². The van der Waals surface area contributed by atoms with Gasteiger partial charge in [0.05, 0.1) is 13.2 Å². The number of hydrogen-bond acceptors (Lipinski definition) is 2. The van der Waals surface area contributed by atoms with E-state index in [0.717, 1.165) is 45.7 Å². The fourth-order valence-electron chi connectivity index (χ4n) is 3.65. The molecule has 1 N–H and O–H groups in total. The molecular formula is C16H26N2O2. The Balaban J connectivity index is 1.53. The molecule has 4 heteroatoms. The lowest BCUT2D eigenvalue weighted by atomic mass is 9.71. The van der Waals surface area contributed by atoms with Crippen LogP contribution in [0.5, 0.6) is 0 Å². The van der Waals surface area contributed by atoms with E-state index in [0.29, 0.717) is 5.41 Å². The van der Waals surface area contributed by atoms with Gasteiger partial charge in [-0.15, -0.1) is 0 Å². The van der Waals surface area contributed by atoms with Gasteiger partial charge in [0, 0.05) is 25.0 Å². The van der Waals surface area contributed by atoms with Crippen molar-refractivity contribution >= 4 is 6.03 Å². The van der Waals surface area contributed by atoms with E-state index in [1.54, 1.807) is 0 Å². The fourth-order valence-corrected chi connectivity index (χ4v) is 3.65. The average Bonchev–Trinajstić information content (AvgIpc) is 2.43. The molecule has 0 bridgehead atoms. The second-order valence-corrected chi connectivity index (χ2v) is 7.20. The third-order valence-corrected chi connectivity index (χ3v) is 5.07. The van der Waals surface area contributed by atoms with Crippen LogP contribution in [0.1, 0.15) is 39.0 Å². The lowest BCUT2D eigenvalue weighted by Crippen LogP contribution is -2.54. The molecule has 1 aliphatic carbocycles. The summed E-state index contributed by atoms with van der Waals surface area (Å²) in [6.07, 6.45) is 10.5. The number of carbonyl (C=O) groups is 1. The first-order valence-corrected chi connectivity index (χ1v) is 7.87. The maximum Gasteiger partial charge on any atom is 0.317 e. The van der Waals surface area contributed by atoms with Crippen LogP contribution in [0.3, 0.4) is 0 Å². The molecule has 0 aromatic heterocycles. The molecule has 3 aliphatic rings. The molecule has 20 heavy (non-hydrogen) atoms. The van der Waals surface area contributed by atoms with Crippen LogP contribution in [-0.2, 0) is 4.74 Å². The molecule has 4 nitrogen and oxygen atoms in total. The van der Waals surface area contributed by atoms with Crippen molar-refractivity contribution in [1.82, 2.24) is 10.2 Å². The van der Waals surface area contributed by atoms with Crippen molar-refractivity contribution < 1.29 is 9.53 Å². The quantitative estimate of drug-likeness (QED) is 0.789. The van der Waals surface area contributed by atoms with Crippen LogP contribution in [0, 0.1) is 10.8 Å². The number of allylic oxidation sites excluding steroid dienone is 2. The van der Waals surface area contributed by atoms with Gasteiger partial charge < -0.3 is 15.0 Å². The first-order chi connectivity index (χ1) is 9.61. The number of likely N-dealkylation sites (tertiary alicyclic amines) is 1. The topological polar surface area (TPSA) is 41.6 Å². The summed E-state index contributed by atoms with van der Waals surface area (Å²) in [5, 5.41) is 3.11. The SMILES string of the molecule is CC1(CNC(=O)N2CCC[C@]3(CC=CCC3)C2)COC1. The van der Waals surface area contributed by atoms with E-state index >= 15 is 0 Å². The Morgan fingerprint density at radius 3 is 2.85 bits per heavy atom. The number of nitrogens with zero attached hydrogens (tertiary/aromatic N) is 1. The van der Waals surface area contributed by atoms with Crippen molar-refractivity contribution in [2.45, 2.75) is 39.0 Å². The summed E-state index contributed by atoms with van der Waals surface area (Å²) < 4.78 is 5.23. The fraction of sp³-hybridized carbons (Fsp3) is 0.812. The molecule has 2 heterocycles. The van der Waals surface area contributed by atoms with Crippen LogP contribution in [0.2, 0.25) is 0 Å². The Morgan fingerprint density at radius 2 is 2.20 bits per heavy atom. The van der Waals surface area contributed by atoms with Crippen molar-refractivity contribution in [2.75, 3.05) is 32.8 Å². The Morgan fingerprint density at radius 1 is 1.35 bits per heavy atom. The Labute approximate surface area is 121 Å². The summed E-state index contributed by atoms with van der Waals surface area (Å²) in [6, 6.07) is 0.117. The summed E-state index contributed by atoms with van der Waals surface area (Å²) in [7, 11) is 0. The molecule has 112 valence electrons. The summed E-state index contributed by atoms with van der Waals surface area (Å²) in [6.45, 7) is 6.26.